The number of carbonyl (C=O) groups is 1. The molecule has 0 saturated heterocycles. The molecule has 0 aliphatic rings. The number of hydrogen-bond acceptors (Lipinski definition) is 5. The lowest BCUT2D eigenvalue weighted by Crippen LogP contribution is -2.30. The highest BCUT2D eigenvalue weighted by Crippen LogP contribution is 2.32. The van der Waals surface area contributed by atoms with Crippen molar-refractivity contribution in [3.8, 4) is 5.69 Å². The Morgan fingerprint density at radius 2 is 1.69 bits per heavy atom. The molecule has 35 heavy (non-hydrogen) atoms. The highest BCUT2D eigenvalue weighted by Gasteiger charge is 2.32. The minimum Gasteiger partial charge on any atom is -0.343 e. The molecule has 5 rings (SSSR count). The predicted molar refractivity (Wildman–Crippen MR) is 122 cm³/mol. The number of benzene rings is 2. The molecule has 1 amide bonds. The van der Waals surface area contributed by atoms with Gasteiger partial charge in [0.05, 0.1) is 28.2 Å². The van der Waals surface area contributed by atoms with Crippen LogP contribution >= 0.6 is 11.6 Å². The van der Waals surface area contributed by atoms with Crippen molar-refractivity contribution in [1.82, 2.24) is 29.7 Å². The van der Waals surface area contributed by atoms with Gasteiger partial charge in [-0.05, 0) is 24.3 Å². The number of fused-ring (bicyclic) bond motifs is 2. The molecule has 0 radical (unpaired) electrons. The van der Waals surface area contributed by atoms with Crippen LogP contribution in [0.2, 0.25) is 5.02 Å². The van der Waals surface area contributed by atoms with Gasteiger partial charge in [0.15, 0.2) is 17.2 Å². The van der Waals surface area contributed by atoms with Crippen LogP contribution in [-0.2, 0) is 12.7 Å². The fraction of sp³-hybridized carbons (Fsp3) is 0.0870. The summed E-state index contributed by atoms with van der Waals surface area (Å²) in [6, 6.07) is 15.9. The molecule has 2 aromatic carbocycles. The highest BCUT2D eigenvalue weighted by atomic mass is 35.5. The summed E-state index contributed by atoms with van der Waals surface area (Å²) in [5.74, 6) is -0.622. The Balaban J connectivity index is 1.53. The molecule has 3 aromatic heterocycles. The van der Waals surface area contributed by atoms with Crippen molar-refractivity contribution >= 4 is 33.9 Å². The van der Waals surface area contributed by atoms with Gasteiger partial charge in [0.2, 0.25) is 0 Å². The van der Waals surface area contributed by atoms with Gasteiger partial charge >= 0.3 is 6.18 Å². The van der Waals surface area contributed by atoms with Crippen LogP contribution in [0.4, 0.5) is 13.2 Å². The molecule has 5 aromatic rings. The minimum atomic E-state index is -4.63. The second kappa shape index (κ2) is 8.51. The quantitative estimate of drug-likeness (QED) is 0.404. The summed E-state index contributed by atoms with van der Waals surface area (Å²) < 4.78 is 41.8. The molecule has 12 heteroatoms. The molecule has 176 valence electrons. The van der Waals surface area contributed by atoms with E-state index in [1.165, 1.54) is 0 Å². The Labute approximate surface area is 199 Å². The van der Waals surface area contributed by atoms with Crippen LogP contribution in [-0.4, -0.2) is 30.3 Å². The van der Waals surface area contributed by atoms with Crippen molar-refractivity contribution in [3.05, 3.63) is 99.3 Å². The highest BCUT2D eigenvalue weighted by molar-refractivity contribution is 6.33. The lowest BCUT2D eigenvalue weighted by molar-refractivity contribution is -0.137. The molecule has 0 bridgehead atoms. The Kier molecular flexibility index (Phi) is 5.48. The number of halogens is 4. The number of para-hydroxylation sites is 1. The van der Waals surface area contributed by atoms with Crippen molar-refractivity contribution in [2.75, 3.05) is 0 Å². The van der Waals surface area contributed by atoms with Crippen molar-refractivity contribution < 1.29 is 18.0 Å². The number of nitrogens with one attached hydrogen (secondary N) is 1. The summed E-state index contributed by atoms with van der Waals surface area (Å²) in [7, 11) is 0. The summed E-state index contributed by atoms with van der Waals surface area (Å²) in [5, 5.41) is 14.9. The van der Waals surface area contributed by atoms with Crippen LogP contribution in [0.1, 0.15) is 21.9 Å². The molecule has 0 atom stereocenters. The smallest absolute Gasteiger partial charge is 0.343 e. The van der Waals surface area contributed by atoms with Crippen molar-refractivity contribution in [2.24, 2.45) is 0 Å². The predicted octanol–water partition coefficient (Wildman–Crippen LogP) is 4.03. The second-order valence-electron chi connectivity index (χ2n) is 7.51. The van der Waals surface area contributed by atoms with Gasteiger partial charge in [-0.15, -0.1) is 10.2 Å². The molecule has 0 aliphatic heterocycles. The number of amides is 1. The van der Waals surface area contributed by atoms with Crippen LogP contribution in [0, 0.1) is 0 Å². The Hall–Kier alpha value is -4.25. The molecular formula is C23H14ClF3N6O2. The van der Waals surface area contributed by atoms with Gasteiger partial charge in [-0.3, -0.25) is 14.0 Å². The fourth-order valence-corrected chi connectivity index (χ4v) is 3.87. The Morgan fingerprint density at radius 3 is 2.40 bits per heavy atom. The van der Waals surface area contributed by atoms with E-state index in [9.17, 15) is 22.8 Å². The van der Waals surface area contributed by atoms with E-state index in [-0.39, 0.29) is 34.1 Å². The van der Waals surface area contributed by atoms with Crippen LogP contribution < -0.4 is 10.9 Å². The number of nitrogens with zero attached hydrogens (tertiary/aromatic N) is 5. The Morgan fingerprint density at radius 1 is 1.00 bits per heavy atom. The van der Waals surface area contributed by atoms with Gasteiger partial charge in [0.1, 0.15) is 0 Å². The summed E-state index contributed by atoms with van der Waals surface area (Å²) in [4.78, 5) is 26.1. The first-order valence-electron chi connectivity index (χ1n) is 10.2. The number of aromatic nitrogens is 5. The van der Waals surface area contributed by atoms with Gasteiger partial charge in [-0.1, -0.05) is 48.0 Å². The zero-order valence-electron chi connectivity index (χ0n) is 17.6. The van der Waals surface area contributed by atoms with Gasteiger partial charge in [-0.2, -0.15) is 23.0 Å². The molecule has 0 fully saturated rings. The van der Waals surface area contributed by atoms with Gasteiger partial charge in [0.25, 0.3) is 11.5 Å². The maximum atomic E-state index is 13.2. The molecule has 0 saturated carbocycles. The summed E-state index contributed by atoms with van der Waals surface area (Å²) in [5.41, 5.74) is -0.932. The van der Waals surface area contributed by atoms with Crippen molar-refractivity contribution in [2.45, 2.75) is 12.7 Å². The lowest BCUT2D eigenvalue weighted by Gasteiger charge is -2.11. The molecule has 3 heterocycles. The zero-order chi connectivity index (χ0) is 24.7. The average molecular weight is 499 g/mol. The molecule has 0 spiro atoms. The SMILES string of the molecule is O=C(NCc1nnc2c(Cl)cc(C(F)(F)F)cn12)c1nn(-c2ccccc2)c(=O)c2ccccc12. The minimum absolute atomic E-state index is 0.0186. The van der Waals surface area contributed by atoms with E-state index in [0.29, 0.717) is 11.1 Å². The van der Waals surface area contributed by atoms with E-state index in [0.717, 1.165) is 21.3 Å². The first-order valence-corrected chi connectivity index (χ1v) is 10.6. The number of carbonyl (C=O) groups excluding carboxylic acids is 1. The van der Waals surface area contributed by atoms with E-state index < -0.39 is 23.2 Å². The average Bonchev–Trinajstić information content (AvgIpc) is 3.26. The largest absolute Gasteiger partial charge is 0.417 e. The van der Waals surface area contributed by atoms with Crippen LogP contribution in [0.25, 0.3) is 22.1 Å². The monoisotopic (exact) mass is 498 g/mol. The van der Waals surface area contributed by atoms with Crippen molar-refractivity contribution in [3.63, 3.8) is 0 Å². The molecule has 8 nitrogen and oxygen atoms in total. The molecule has 0 unspecified atom stereocenters. The first kappa shape index (κ1) is 22.5. The number of rotatable bonds is 4. The molecule has 1 N–H and O–H groups in total. The maximum Gasteiger partial charge on any atom is 0.417 e. The van der Waals surface area contributed by atoms with E-state index in [2.05, 4.69) is 20.6 Å². The van der Waals surface area contributed by atoms with Gasteiger partial charge in [-0.25, -0.2) is 0 Å². The third-order valence-corrected chi connectivity index (χ3v) is 5.56. The summed E-state index contributed by atoms with van der Waals surface area (Å²) >= 11 is 5.94. The lowest BCUT2D eigenvalue weighted by atomic mass is 10.1. The topological polar surface area (TPSA) is 94.2 Å². The molecule has 0 aliphatic carbocycles. The van der Waals surface area contributed by atoms with Crippen LogP contribution in [0.3, 0.4) is 0 Å². The fourth-order valence-electron chi connectivity index (χ4n) is 3.62. The van der Waals surface area contributed by atoms with Crippen LogP contribution in [0.5, 0.6) is 0 Å². The normalized spacial score (nSPS) is 11.8. The first-order chi connectivity index (χ1) is 16.7. The maximum absolute atomic E-state index is 13.2. The standard InChI is InChI=1S/C23H14ClF3N6O2/c24-17-10-13(23(25,26)27)12-32-18(29-30-20(17)32)11-28-21(34)19-15-8-4-5-9-16(15)22(35)33(31-19)14-6-2-1-3-7-14/h1-10,12H,11H2,(H,28,34). The number of alkyl halides is 3. The van der Waals surface area contributed by atoms with E-state index in [1.54, 1.807) is 54.6 Å². The zero-order valence-corrected chi connectivity index (χ0v) is 18.4. The Bertz CT molecular complexity index is 1650. The summed E-state index contributed by atoms with van der Waals surface area (Å²) in [6.07, 6.45) is -3.82. The van der Waals surface area contributed by atoms with E-state index >= 15 is 0 Å². The van der Waals surface area contributed by atoms with Gasteiger partial charge in [0, 0.05) is 11.6 Å². The van der Waals surface area contributed by atoms with Crippen LogP contribution in [0.15, 0.2) is 71.7 Å². The second-order valence-corrected chi connectivity index (χ2v) is 7.92. The summed E-state index contributed by atoms with van der Waals surface area (Å²) in [6.45, 7) is -0.266. The van der Waals surface area contributed by atoms with E-state index in [1.807, 2.05) is 0 Å². The third-order valence-electron chi connectivity index (χ3n) is 5.29. The molecular weight excluding hydrogens is 485 g/mol. The number of pyridine rings is 1. The van der Waals surface area contributed by atoms with E-state index in [4.69, 9.17) is 11.6 Å². The number of hydrogen-bond donors (Lipinski definition) is 1. The van der Waals surface area contributed by atoms with Crippen molar-refractivity contribution in [1.29, 1.82) is 0 Å². The third kappa shape index (κ3) is 4.10. The van der Waals surface area contributed by atoms with Gasteiger partial charge < -0.3 is 5.32 Å².